The van der Waals surface area contributed by atoms with Crippen molar-refractivity contribution in [3.63, 3.8) is 0 Å². The number of anilines is 1. The van der Waals surface area contributed by atoms with Gasteiger partial charge in [0.05, 0.1) is 41.8 Å². The van der Waals surface area contributed by atoms with Gasteiger partial charge in [-0.25, -0.2) is 15.0 Å². The van der Waals surface area contributed by atoms with Gasteiger partial charge >= 0.3 is 5.97 Å². The molecule has 0 N–H and O–H groups in total. The third kappa shape index (κ3) is 2.95. The Morgan fingerprint density at radius 3 is 2.77 bits per heavy atom. The summed E-state index contributed by atoms with van der Waals surface area (Å²) in [6.45, 7) is 2.11. The van der Waals surface area contributed by atoms with Gasteiger partial charge in [-0.05, 0) is 25.0 Å². The van der Waals surface area contributed by atoms with E-state index in [2.05, 4.69) is 29.4 Å². The molecule has 158 valence electrons. The molecular weight excluding hydrogens is 394 g/mol. The lowest BCUT2D eigenvalue weighted by Gasteiger charge is -2.36. The van der Waals surface area contributed by atoms with E-state index in [9.17, 15) is 4.79 Å². The highest BCUT2D eigenvalue weighted by molar-refractivity contribution is 5.80. The zero-order chi connectivity index (χ0) is 21.0. The van der Waals surface area contributed by atoms with Crippen LogP contribution in [0, 0.1) is 5.41 Å². The molecule has 0 amide bonds. The smallest absolute Gasteiger partial charge is 0.312 e. The minimum atomic E-state index is -0.409. The normalized spacial score (nSPS) is 20.7. The predicted molar refractivity (Wildman–Crippen MR) is 114 cm³/mol. The van der Waals surface area contributed by atoms with Crippen molar-refractivity contribution in [1.29, 1.82) is 0 Å². The molecule has 1 atom stereocenters. The summed E-state index contributed by atoms with van der Waals surface area (Å²) in [7, 11) is 1.93. The van der Waals surface area contributed by atoms with Gasteiger partial charge in [0.2, 0.25) is 5.95 Å². The number of piperidine rings is 1. The lowest BCUT2D eigenvalue weighted by atomic mass is 9.76. The van der Waals surface area contributed by atoms with Crippen LogP contribution in [0.1, 0.15) is 19.3 Å². The third-order valence-electron chi connectivity index (χ3n) is 6.70. The molecular formula is C22H23N7O2. The highest BCUT2D eigenvalue weighted by Crippen LogP contribution is 2.44. The summed E-state index contributed by atoms with van der Waals surface area (Å²) in [5.41, 5.74) is 3.22. The second-order valence-corrected chi connectivity index (χ2v) is 8.62. The van der Waals surface area contributed by atoms with E-state index in [1.807, 2.05) is 42.2 Å². The molecule has 2 saturated heterocycles. The van der Waals surface area contributed by atoms with Gasteiger partial charge in [0.25, 0.3) is 0 Å². The first-order valence-corrected chi connectivity index (χ1v) is 10.6. The van der Waals surface area contributed by atoms with E-state index in [-0.39, 0.29) is 12.1 Å². The van der Waals surface area contributed by atoms with E-state index in [1.54, 1.807) is 12.5 Å². The van der Waals surface area contributed by atoms with Crippen LogP contribution in [-0.2, 0) is 23.1 Å². The number of ether oxygens (including phenoxy) is 1. The van der Waals surface area contributed by atoms with Gasteiger partial charge in [0, 0.05) is 26.6 Å². The van der Waals surface area contributed by atoms with Crippen LogP contribution in [0.15, 0.2) is 43.1 Å². The van der Waals surface area contributed by atoms with Crippen LogP contribution < -0.4 is 4.90 Å². The number of carbonyl (C=O) groups excluding carboxylic acids is 1. The number of esters is 1. The van der Waals surface area contributed by atoms with E-state index in [0.717, 1.165) is 54.5 Å². The molecule has 0 saturated carbocycles. The van der Waals surface area contributed by atoms with Gasteiger partial charge in [-0.15, -0.1) is 0 Å². The molecule has 4 aromatic rings. The molecule has 9 heteroatoms. The summed E-state index contributed by atoms with van der Waals surface area (Å²) in [4.78, 5) is 32.9. The number of imidazole rings is 2. The fourth-order valence-electron chi connectivity index (χ4n) is 4.92. The lowest BCUT2D eigenvalue weighted by molar-refractivity contribution is -0.150. The van der Waals surface area contributed by atoms with Crippen molar-refractivity contribution >= 4 is 34.1 Å². The maximum absolute atomic E-state index is 12.9. The van der Waals surface area contributed by atoms with E-state index < -0.39 is 5.41 Å². The lowest BCUT2D eigenvalue weighted by Crippen LogP contribution is -2.43. The molecule has 3 aromatic heterocycles. The topological polar surface area (TPSA) is 91.0 Å². The fraction of sp³-hybridized carbons (Fsp3) is 0.409. The van der Waals surface area contributed by atoms with Crippen molar-refractivity contribution in [2.75, 3.05) is 18.0 Å². The predicted octanol–water partition coefficient (Wildman–Crippen LogP) is 2.32. The minimum Gasteiger partial charge on any atom is -0.460 e. The van der Waals surface area contributed by atoms with E-state index in [4.69, 9.17) is 4.74 Å². The average molecular weight is 417 g/mol. The summed E-state index contributed by atoms with van der Waals surface area (Å²) in [6.07, 6.45) is 7.45. The number of hydrogen-bond acceptors (Lipinski definition) is 7. The Hall–Kier alpha value is -3.49. The van der Waals surface area contributed by atoms with Gasteiger partial charge in [-0.1, -0.05) is 12.1 Å². The highest BCUT2D eigenvalue weighted by Gasteiger charge is 2.50. The number of para-hydroxylation sites is 2. The van der Waals surface area contributed by atoms with Crippen LogP contribution in [0.2, 0.25) is 0 Å². The Balaban J connectivity index is 1.16. The number of fused-ring (bicyclic) bond motifs is 2. The summed E-state index contributed by atoms with van der Waals surface area (Å²) >= 11 is 0. The molecule has 31 heavy (non-hydrogen) atoms. The largest absolute Gasteiger partial charge is 0.460 e. The zero-order valence-electron chi connectivity index (χ0n) is 17.3. The summed E-state index contributed by atoms with van der Waals surface area (Å²) < 4.78 is 9.81. The number of aromatic nitrogens is 6. The molecule has 2 fully saturated rings. The first-order valence-electron chi connectivity index (χ1n) is 10.6. The van der Waals surface area contributed by atoms with Gasteiger partial charge < -0.3 is 18.8 Å². The molecule has 0 bridgehead atoms. The van der Waals surface area contributed by atoms with E-state index in [0.29, 0.717) is 12.5 Å². The Morgan fingerprint density at radius 1 is 1.10 bits per heavy atom. The maximum atomic E-state index is 12.9. The molecule has 1 aromatic carbocycles. The van der Waals surface area contributed by atoms with Crippen LogP contribution in [-0.4, -0.2) is 54.2 Å². The number of carbonyl (C=O) groups is 1. The Labute approximate surface area is 178 Å². The van der Waals surface area contributed by atoms with Crippen molar-refractivity contribution in [3.8, 4) is 0 Å². The summed E-state index contributed by atoms with van der Waals surface area (Å²) in [5.74, 6) is 0.628. The summed E-state index contributed by atoms with van der Waals surface area (Å²) in [5, 5.41) is 0. The molecule has 6 rings (SSSR count). The van der Waals surface area contributed by atoms with Crippen LogP contribution in [0.4, 0.5) is 5.95 Å². The number of cyclic esters (lactones) is 1. The second kappa shape index (κ2) is 6.76. The number of nitrogens with zero attached hydrogens (tertiary/aromatic N) is 7. The first kappa shape index (κ1) is 18.3. The number of rotatable bonds is 3. The first-order chi connectivity index (χ1) is 15.1. The fourth-order valence-corrected chi connectivity index (χ4v) is 4.92. The molecule has 0 aliphatic carbocycles. The van der Waals surface area contributed by atoms with Crippen molar-refractivity contribution < 1.29 is 9.53 Å². The second-order valence-electron chi connectivity index (χ2n) is 8.62. The molecule has 2 aliphatic rings. The number of benzene rings is 1. The van der Waals surface area contributed by atoms with Gasteiger partial charge in [-0.3, -0.25) is 4.79 Å². The van der Waals surface area contributed by atoms with E-state index in [1.165, 1.54) is 0 Å². The molecule has 2 aliphatic heterocycles. The standard InChI is InChI=1S/C22H23N7O2/c1-27-13-24-17-11-23-21(26-19(17)27)28-8-6-22(7-9-28)10-15(31-20(22)30)12-29-14-25-16-4-2-3-5-18(16)29/h2-5,11,13-15H,6-10,12H2,1H3. The molecule has 0 radical (unpaired) electrons. The van der Waals surface area contributed by atoms with Gasteiger partial charge in [0.1, 0.15) is 11.6 Å². The van der Waals surface area contributed by atoms with Crippen molar-refractivity contribution in [2.24, 2.45) is 12.5 Å². The summed E-state index contributed by atoms with van der Waals surface area (Å²) in [6, 6.07) is 8.03. The molecule has 9 nitrogen and oxygen atoms in total. The number of aryl methyl sites for hydroxylation is 1. The number of hydrogen-bond donors (Lipinski definition) is 0. The van der Waals surface area contributed by atoms with Gasteiger partial charge in [0.15, 0.2) is 5.65 Å². The van der Waals surface area contributed by atoms with Crippen molar-refractivity contribution in [2.45, 2.75) is 31.9 Å². The van der Waals surface area contributed by atoms with Crippen molar-refractivity contribution in [1.82, 2.24) is 29.1 Å². The minimum absolute atomic E-state index is 0.0652. The highest BCUT2D eigenvalue weighted by atomic mass is 16.6. The maximum Gasteiger partial charge on any atom is 0.312 e. The van der Waals surface area contributed by atoms with Crippen LogP contribution in [0.25, 0.3) is 22.2 Å². The molecule has 5 heterocycles. The Bertz CT molecular complexity index is 1290. The van der Waals surface area contributed by atoms with Crippen molar-refractivity contribution in [3.05, 3.63) is 43.1 Å². The monoisotopic (exact) mass is 417 g/mol. The van der Waals surface area contributed by atoms with Gasteiger partial charge in [-0.2, -0.15) is 4.98 Å². The van der Waals surface area contributed by atoms with Crippen LogP contribution in [0.3, 0.4) is 0 Å². The van der Waals surface area contributed by atoms with E-state index >= 15 is 0 Å². The molecule has 1 unspecified atom stereocenters. The average Bonchev–Trinajstić information content (AvgIpc) is 3.46. The van der Waals surface area contributed by atoms with Crippen LogP contribution >= 0.6 is 0 Å². The Morgan fingerprint density at radius 2 is 1.90 bits per heavy atom. The Kier molecular flexibility index (Phi) is 3.99. The van der Waals surface area contributed by atoms with Crippen LogP contribution in [0.5, 0.6) is 0 Å². The zero-order valence-corrected chi connectivity index (χ0v) is 17.3. The molecule has 1 spiro atoms. The third-order valence-corrected chi connectivity index (χ3v) is 6.70. The SMILES string of the molecule is Cn1cnc2cnc(N3CCC4(CC3)CC(Cn3cnc5ccccc53)OC4=O)nc21. The quantitative estimate of drug-likeness (QED) is 0.473.